The third kappa shape index (κ3) is 3.77. The number of piperidine rings is 1. The van der Waals surface area contributed by atoms with Crippen LogP contribution in [0.1, 0.15) is 49.1 Å². The Morgan fingerprint density at radius 1 is 0.971 bits per heavy atom. The van der Waals surface area contributed by atoms with Gasteiger partial charge in [-0.2, -0.15) is 0 Å². The van der Waals surface area contributed by atoms with E-state index in [1.165, 1.54) is 22.3 Å². The summed E-state index contributed by atoms with van der Waals surface area (Å²) < 4.78 is 5.69. The summed E-state index contributed by atoms with van der Waals surface area (Å²) in [7, 11) is 0. The first-order chi connectivity index (χ1) is 17.0. The van der Waals surface area contributed by atoms with Gasteiger partial charge in [0.15, 0.2) is 0 Å². The molecule has 2 amide bonds. The molecule has 182 valence electrons. The molecular weight excluding hydrogens is 444 g/mol. The van der Waals surface area contributed by atoms with E-state index in [4.69, 9.17) is 4.74 Å². The number of carboxylic acid groups (broad SMARTS) is 1. The molecule has 3 fully saturated rings. The van der Waals surface area contributed by atoms with E-state index in [9.17, 15) is 19.5 Å². The van der Waals surface area contributed by atoms with E-state index in [0.717, 1.165) is 12.8 Å². The number of likely N-dealkylation sites (tertiary alicyclic amines) is 1. The Balaban J connectivity index is 1.04. The van der Waals surface area contributed by atoms with Gasteiger partial charge in [-0.05, 0) is 60.3 Å². The molecule has 1 heterocycles. The molecule has 2 aromatic carbocycles. The van der Waals surface area contributed by atoms with Gasteiger partial charge in [-0.3, -0.25) is 9.59 Å². The van der Waals surface area contributed by atoms with Gasteiger partial charge in [0.2, 0.25) is 5.91 Å². The van der Waals surface area contributed by atoms with E-state index in [2.05, 4.69) is 29.6 Å². The highest BCUT2D eigenvalue weighted by Crippen LogP contribution is 2.64. The number of aliphatic carboxylic acids is 1. The largest absolute Gasteiger partial charge is 0.481 e. The number of fused-ring (bicyclic) bond motifs is 4. The average Bonchev–Trinajstić information content (AvgIpc) is 3.30. The van der Waals surface area contributed by atoms with Gasteiger partial charge in [-0.1, -0.05) is 48.5 Å². The standard InChI is InChI=1S/C28H30N2O5/c31-25(32)17-9-11-30(12-10-17)26(33)28-14-18(28)13-19(15-28)29-27(34)35-16-24-22-7-3-1-5-20(22)21-6-2-4-8-23(21)24/h1-8,17-19,24H,9-16H2,(H,29,34)(H,31,32). The maximum absolute atomic E-state index is 13.2. The zero-order chi connectivity index (χ0) is 24.2. The number of hydrogen-bond donors (Lipinski definition) is 2. The van der Waals surface area contributed by atoms with Crippen molar-refractivity contribution in [2.75, 3.05) is 19.7 Å². The molecule has 4 aliphatic rings. The fourth-order valence-corrected chi connectivity index (χ4v) is 6.72. The van der Waals surface area contributed by atoms with Crippen molar-refractivity contribution in [1.82, 2.24) is 10.2 Å². The molecular formula is C28H30N2O5. The van der Waals surface area contributed by atoms with E-state index in [1.54, 1.807) is 0 Å². The number of benzene rings is 2. The highest BCUT2D eigenvalue weighted by Gasteiger charge is 2.66. The molecule has 7 nitrogen and oxygen atoms in total. The van der Waals surface area contributed by atoms with Crippen LogP contribution < -0.4 is 5.32 Å². The highest BCUT2D eigenvalue weighted by molar-refractivity contribution is 5.87. The van der Waals surface area contributed by atoms with Crippen molar-refractivity contribution in [3.8, 4) is 11.1 Å². The summed E-state index contributed by atoms with van der Waals surface area (Å²) in [6, 6.07) is 16.4. The van der Waals surface area contributed by atoms with Crippen LogP contribution in [0.5, 0.6) is 0 Å². The molecule has 1 aliphatic heterocycles. The molecule has 35 heavy (non-hydrogen) atoms. The summed E-state index contributed by atoms with van der Waals surface area (Å²) in [6.07, 6.45) is 2.91. The summed E-state index contributed by atoms with van der Waals surface area (Å²) in [4.78, 5) is 39.0. The van der Waals surface area contributed by atoms with Gasteiger partial charge in [0, 0.05) is 25.0 Å². The first-order valence-electron chi connectivity index (χ1n) is 12.6. The van der Waals surface area contributed by atoms with Crippen LogP contribution in [0, 0.1) is 17.3 Å². The van der Waals surface area contributed by atoms with Gasteiger partial charge < -0.3 is 20.1 Å². The van der Waals surface area contributed by atoms with Crippen molar-refractivity contribution >= 4 is 18.0 Å². The lowest BCUT2D eigenvalue weighted by molar-refractivity contribution is -0.147. The Bertz CT molecular complexity index is 1140. The zero-order valence-electron chi connectivity index (χ0n) is 19.6. The molecule has 3 unspecified atom stereocenters. The lowest BCUT2D eigenvalue weighted by Gasteiger charge is -2.33. The number of ether oxygens (including phenoxy) is 1. The number of amides is 2. The van der Waals surface area contributed by atoms with Crippen LogP contribution >= 0.6 is 0 Å². The number of carbonyl (C=O) groups excluding carboxylic acids is 2. The molecule has 0 bridgehead atoms. The molecule has 6 rings (SSSR count). The van der Waals surface area contributed by atoms with Crippen LogP contribution in [0.15, 0.2) is 48.5 Å². The predicted molar refractivity (Wildman–Crippen MR) is 129 cm³/mol. The fraction of sp³-hybridized carbons (Fsp3) is 0.464. The van der Waals surface area contributed by atoms with E-state index in [0.29, 0.717) is 38.3 Å². The Kier molecular flexibility index (Phi) is 5.31. The summed E-state index contributed by atoms with van der Waals surface area (Å²) in [5.74, 6) is -0.660. The Hall–Kier alpha value is -3.35. The fourth-order valence-electron chi connectivity index (χ4n) is 6.72. The highest BCUT2D eigenvalue weighted by atomic mass is 16.5. The number of carbonyl (C=O) groups is 3. The number of rotatable bonds is 5. The van der Waals surface area contributed by atoms with Crippen LogP contribution in [0.25, 0.3) is 11.1 Å². The SMILES string of the molecule is O=C(NC1CC2CC2(C(=O)N2CCC(C(=O)O)CC2)C1)OCC1c2ccccc2-c2ccccc21. The van der Waals surface area contributed by atoms with Gasteiger partial charge in [0.25, 0.3) is 0 Å². The minimum atomic E-state index is -0.771. The first-order valence-corrected chi connectivity index (χ1v) is 12.6. The molecule has 0 aromatic heterocycles. The number of nitrogens with zero attached hydrogens (tertiary/aromatic N) is 1. The lowest BCUT2D eigenvalue weighted by Crippen LogP contribution is -2.44. The Labute approximate surface area is 204 Å². The third-order valence-corrected chi connectivity index (χ3v) is 8.63. The summed E-state index contributed by atoms with van der Waals surface area (Å²) >= 11 is 0. The van der Waals surface area contributed by atoms with Crippen molar-refractivity contribution in [2.24, 2.45) is 17.3 Å². The quantitative estimate of drug-likeness (QED) is 0.683. The second kappa shape index (κ2) is 8.40. The number of hydrogen-bond acceptors (Lipinski definition) is 4. The Morgan fingerprint density at radius 3 is 2.23 bits per heavy atom. The van der Waals surface area contributed by atoms with Crippen LogP contribution in [0.4, 0.5) is 4.79 Å². The van der Waals surface area contributed by atoms with Crippen molar-refractivity contribution in [1.29, 1.82) is 0 Å². The maximum atomic E-state index is 13.2. The summed E-state index contributed by atoms with van der Waals surface area (Å²) in [5.41, 5.74) is 4.37. The van der Waals surface area contributed by atoms with Gasteiger partial charge in [0.1, 0.15) is 6.61 Å². The van der Waals surface area contributed by atoms with Crippen molar-refractivity contribution < 1.29 is 24.2 Å². The normalized spacial score (nSPS) is 27.0. The first kappa shape index (κ1) is 22.1. The molecule has 3 aliphatic carbocycles. The number of alkyl carbamates (subject to hydrolysis) is 1. The predicted octanol–water partition coefficient (Wildman–Crippen LogP) is 4.02. The smallest absolute Gasteiger partial charge is 0.407 e. The van der Waals surface area contributed by atoms with Gasteiger partial charge in [-0.25, -0.2) is 4.79 Å². The van der Waals surface area contributed by atoms with E-state index < -0.39 is 12.1 Å². The number of nitrogens with one attached hydrogen (secondary N) is 1. The molecule has 0 radical (unpaired) electrons. The van der Waals surface area contributed by atoms with Crippen molar-refractivity contribution in [3.05, 3.63) is 59.7 Å². The van der Waals surface area contributed by atoms with Gasteiger partial charge >= 0.3 is 12.1 Å². The van der Waals surface area contributed by atoms with Gasteiger partial charge in [0.05, 0.1) is 11.3 Å². The molecule has 0 spiro atoms. The maximum Gasteiger partial charge on any atom is 0.407 e. The monoisotopic (exact) mass is 474 g/mol. The molecule has 1 saturated heterocycles. The van der Waals surface area contributed by atoms with E-state index in [1.807, 2.05) is 29.2 Å². The second-order valence-corrected chi connectivity index (χ2v) is 10.6. The van der Waals surface area contributed by atoms with E-state index in [-0.39, 0.29) is 35.8 Å². The minimum absolute atomic E-state index is 0.0202. The van der Waals surface area contributed by atoms with Crippen LogP contribution in [0.2, 0.25) is 0 Å². The second-order valence-electron chi connectivity index (χ2n) is 10.6. The van der Waals surface area contributed by atoms with Crippen LogP contribution in [0.3, 0.4) is 0 Å². The zero-order valence-corrected chi connectivity index (χ0v) is 19.6. The summed E-state index contributed by atoms with van der Waals surface area (Å²) in [6.45, 7) is 1.29. The summed E-state index contributed by atoms with van der Waals surface area (Å²) in [5, 5.41) is 12.2. The van der Waals surface area contributed by atoms with E-state index >= 15 is 0 Å². The number of carboxylic acids is 1. The third-order valence-electron chi connectivity index (χ3n) is 8.63. The van der Waals surface area contributed by atoms with Crippen LogP contribution in [-0.2, 0) is 14.3 Å². The average molecular weight is 475 g/mol. The molecule has 3 atom stereocenters. The lowest BCUT2D eigenvalue weighted by atomic mass is 9.94. The molecule has 2 N–H and O–H groups in total. The molecule has 7 heteroatoms. The van der Waals surface area contributed by atoms with Crippen LogP contribution in [-0.4, -0.2) is 53.7 Å². The van der Waals surface area contributed by atoms with Gasteiger partial charge in [-0.15, -0.1) is 0 Å². The molecule has 2 aromatic rings. The Morgan fingerprint density at radius 2 is 1.60 bits per heavy atom. The van der Waals surface area contributed by atoms with Crippen molar-refractivity contribution in [2.45, 2.75) is 44.1 Å². The topological polar surface area (TPSA) is 95.9 Å². The molecule has 2 saturated carbocycles. The minimum Gasteiger partial charge on any atom is -0.481 e. The van der Waals surface area contributed by atoms with Crippen molar-refractivity contribution in [3.63, 3.8) is 0 Å².